The lowest BCUT2D eigenvalue weighted by Crippen LogP contribution is -2.19. The predicted molar refractivity (Wildman–Crippen MR) is 91.1 cm³/mol. The Bertz CT molecular complexity index is 876. The molecule has 0 bridgehead atoms. The molecule has 0 aliphatic heterocycles. The van der Waals surface area contributed by atoms with Gasteiger partial charge in [-0.05, 0) is 39.4 Å². The van der Waals surface area contributed by atoms with E-state index >= 15 is 0 Å². The zero-order valence-corrected chi connectivity index (χ0v) is 12.7. The van der Waals surface area contributed by atoms with Gasteiger partial charge in [0.25, 0.3) is 0 Å². The van der Waals surface area contributed by atoms with Gasteiger partial charge >= 0.3 is 0 Å². The SMILES string of the molecule is CCC(=O)C1Cc2c(ccc3ccccc23)-c2ccccc21. The highest BCUT2D eigenvalue weighted by atomic mass is 16.1. The van der Waals surface area contributed by atoms with Crippen LogP contribution < -0.4 is 0 Å². The van der Waals surface area contributed by atoms with E-state index in [0.717, 1.165) is 6.42 Å². The first-order valence-corrected chi connectivity index (χ1v) is 7.92. The van der Waals surface area contributed by atoms with Crippen molar-refractivity contribution in [2.75, 3.05) is 0 Å². The van der Waals surface area contributed by atoms with E-state index in [9.17, 15) is 4.79 Å². The van der Waals surface area contributed by atoms with Gasteiger partial charge in [-0.2, -0.15) is 0 Å². The number of carbonyl (C=O) groups is 1. The molecule has 0 fully saturated rings. The van der Waals surface area contributed by atoms with Crippen LogP contribution in [-0.2, 0) is 11.2 Å². The number of fused-ring (bicyclic) bond motifs is 5. The van der Waals surface area contributed by atoms with E-state index in [4.69, 9.17) is 0 Å². The fourth-order valence-corrected chi connectivity index (χ4v) is 3.70. The van der Waals surface area contributed by atoms with Crippen LogP contribution in [0.3, 0.4) is 0 Å². The van der Waals surface area contributed by atoms with Crippen molar-refractivity contribution in [2.45, 2.75) is 25.7 Å². The third-order valence-electron chi connectivity index (χ3n) is 4.81. The van der Waals surface area contributed by atoms with Crippen LogP contribution in [0.5, 0.6) is 0 Å². The van der Waals surface area contributed by atoms with Gasteiger partial charge in [-0.3, -0.25) is 4.79 Å². The number of hydrogen-bond donors (Lipinski definition) is 0. The molecule has 0 amide bonds. The molecule has 1 atom stereocenters. The Kier molecular flexibility index (Phi) is 3.07. The number of carbonyl (C=O) groups excluding carboxylic acids is 1. The minimum Gasteiger partial charge on any atom is -0.299 e. The molecule has 22 heavy (non-hydrogen) atoms. The molecule has 0 heterocycles. The summed E-state index contributed by atoms with van der Waals surface area (Å²) >= 11 is 0. The second-order valence-electron chi connectivity index (χ2n) is 5.98. The molecule has 0 radical (unpaired) electrons. The van der Waals surface area contributed by atoms with Crippen LogP contribution in [0.4, 0.5) is 0 Å². The molecule has 3 aromatic rings. The summed E-state index contributed by atoms with van der Waals surface area (Å²) in [7, 11) is 0. The van der Waals surface area contributed by atoms with Gasteiger partial charge in [-0.15, -0.1) is 0 Å². The number of rotatable bonds is 2. The van der Waals surface area contributed by atoms with Crippen molar-refractivity contribution in [1.29, 1.82) is 0 Å². The third-order valence-corrected chi connectivity index (χ3v) is 4.81. The van der Waals surface area contributed by atoms with Crippen LogP contribution in [0.25, 0.3) is 21.9 Å². The first-order valence-electron chi connectivity index (χ1n) is 7.92. The second-order valence-corrected chi connectivity index (χ2v) is 5.98. The quantitative estimate of drug-likeness (QED) is 0.638. The van der Waals surface area contributed by atoms with Crippen molar-refractivity contribution in [2.24, 2.45) is 0 Å². The topological polar surface area (TPSA) is 17.1 Å². The van der Waals surface area contributed by atoms with E-state index in [1.165, 1.54) is 33.0 Å². The Morgan fingerprint density at radius 3 is 2.59 bits per heavy atom. The zero-order valence-electron chi connectivity index (χ0n) is 12.7. The van der Waals surface area contributed by atoms with E-state index < -0.39 is 0 Å². The lowest BCUT2D eigenvalue weighted by Gasteiger charge is -2.28. The summed E-state index contributed by atoms with van der Waals surface area (Å²) in [5, 5.41) is 2.53. The van der Waals surface area contributed by atoms with Crippen LogP contribution in [0.2, 0.25) is 0 Å². The van der Waals surface area contributed by atoms with Crippen molar-refractivity contribution < 1.29 is 4.79 Å². The van der Waals surface area contributed by atoms with Gasteiger partial charge in [-0.25, -0.2) is 0 Å². The fourth-order valence-electron chi connectivity index (χ4n) is 3.70. The first kappa shape index (κ1) is 13.3. The van der Waals surface area contributed by atoms with Crippen molar-refractivity contribution in [3.05, 3.63) is 71.8 Å². The summed E-state index contributed by atoms with van der Waals surface area (Å²) in [6.07, 6.45) is 1.42. The highest BCUT2D eigenvalue weighted by molar-refractivity contribution is 5.97. The maximum Gasteiger partial charge on any atom is 0.140 e. The molecule has 0 N–H and O–H groups in total. The van der Waals surface area contributed by atoms with Gasteiger partial charge in [0.1, 0.15) is 5.78 Å². The van der Waals surface area contributed by atoms with Crippen LogP contribution in [0.1, 0.15) is 30.4 Å². The molecule has 0 spiro atoms. The molecule has 0 aromatic heterocycles. The summed E-state index contributed by atoms with van der Waals surface area (Å²) in [5.41, 5.74) is 5.02. The van der Waals surface area contributed by atoms with Crippen molar-refractivity contribution in [3.63, 3.8) is 0 Å². The molecule has 4 rings (SSSR count). The number of ketones is 1. The Hall–Kier alpha value is -2.41. The third kappa shape index (κ3) is 1.89. The first-order chi connectivity index (χ1) is 10.8. The highest BCUT2D eigenvalue weighted by Gasteiger charge is 2.29. The largest absolute Gasteiger partial charge is 0.299 e. The zero-order chi connectivity index (χ0) is 15.1. The Morgan fingerprint density at radius 1 is 0.955 bits per heavy atom. The van der Waals surface area contributed by atoms with E-state index in [-0.39, 0.29) is 5.92 Å². The molecule has 1 aliphatic rings. The fraction of sp³-hybridized carbons (Fsp3) is 0.190. The minimum absolute atomic E-state index is 0.000457. The van der Waals surface area contributed by atoms with Gasteiger partial charge in [-0.1, -0.05) is 67.6 Å². The van der Waals surface area contributed by atoms with Gasteiger partial charge in [0.15, 0.2) is 0 Å². The van der Waals surface area contributed by atoms with Crippen LogP contribution >= 0.6 is 0 Å². The lowest BCUT2D eigenvalue weighted by atomic mass is 9.75. The molecule has 1 unspecified atom stereocenters. The number of Topliss-reactive ketones (excluding diaryl/α,β-unsaturated/α-hetero) is 1. The molecule has 0 saturated heterocycles. The summed E-state index contributed by atoms with van der Waals surface area (Å²) < 4.78 is 0. The van der Waals surface area contributed by atoms with Gasteiger partial charge in [0.2, 0.25) is 0 Å². The van der Waals surface area contributed by atoms with Crippen molar-refractivity contribution >= 4 is 16.6 Å². The van der Waals surface area contributed by atoms with Crippen molar-refractivity contribution in [3.8, 4) is 11.1 Å². The average molecular weight is 286 g/mol. The molecule has 1 nitrogen and oxygen atoms in total. The molecule has 1 heteroatoms. The van der Waals surface area contributed by atoms with E-state index in [1.807, 2.05) is 13.0 Å². The summed E-state index contributed by atoms with van der Waals surface area (Å²) in [4.78, 5) is 12.5. The molecular weight excluding hydrogens is 268 g/mol. The summed E-state index contributed by atoms with van der Waals surface area (Å²) in [5.74, 6) is 0.338. The summed E-state index contributed by atoms with van der Waals surface area (Å²) in [6, 6.07) is 21.2. The summed E-state index contributed by atoms with van der Waals surface area (Å²) in [6.45, 7) is 1.96. The highest BCUT2D eigenvalue weighted by Crippen LogP contribution is 2.43. The van der Waals surface area contributed by atoms with E-state index in [2.05, 4.69) is 54.6 Å². The maximum atomic E-state index is 12.5. The predicted octanol–water partition coefficient (Wildman–Crippen LogP) is 5.13. The Labute approximate surface area is 130 Å². The average Bonchev–Trinajstić information content (AvgIpc) is 2.60. The number of hydrogen-bond acceptors (Lipinski definition) is 1. The lowest BCUT2D eigenvalue weighted by molar-refractivity contribution is -0.120. The van der Waals surface area contributed by atoms with Crippen LogP contribution in [-0.4, -0.2) is 5.78 Å². The minimum atomic E-state index is -0.000457. The smallest absolute Gasteiger partial charge is 0.140 e. The van der Waals surface area contributed by atoms with Crippen LogP contribution in [0.15, 0.2) is 60.7 Å². The van der Waals surface area contributed by atoms with Gasteiger partial charge in [0, 0.05) is 12.3 Å². The number of benzene rings is 3. The van der Waals surface area contributed by atoms with Gasteiger partial charge < -0.3 is 0 Å². The standard InChI is InChI=1S/C21H18O/c1-2-21(22)20-13-19-15-8-4-3-7-14(15)11-12-18(19)16-9-5-6-10-17(16)20/h3-12,20H,2,13H2,1H3. The normalized spacial score (nSPS) is 16.1. The molecular formula is C21H18O. The maximum absolute atomic E-state index is 12.5. The molecule has 3 aromatic carbocycles. The van der Waals surface area contributed by atoms with Crippen molar-refractivity contribution in [1.82, 2.24) is 0 Å². The monoisotopic (exact) mass is 286 g/mol. The Balaban J connectivity index is 2.02. The molecule has 108 valence electrons. The second kappa shape index (κ2) is 5.10. The van der Waals surface area contributed by atoms with Crippen LogP contribution in [0, 0.1) is 0 Å². The van der Waals surface area contributed by atoms with E-state index in [0.29, 0.717) is 12.2 Å². The Morgan fingerprint density at radius 2 is 1.73 bits per heavy atom. The van der Waals surface area contributed by atoms with Gasteiger partial charge in [0.05, 0.1) is 0 Å². The molecule has 1 aliphatic carbocycles. The van der Waals surface area contributed by atoms with E-state index in [1.54, 1.807) is 0 Å². The molecule has 0 saturated carbocycles.